The van der Waals surface area contributed by atoms with E-state index in [9.17, 15) is 4.79 Å². The predicted molar refractivity (Wildman–Crippen MR) is 122 cm³/mol. The molecule has 0 aromatic heterocycles. The zero-order chi connectivity index (χ0) is 21.3. The van der Waals surface area contributed by atoms with Gasteiger partial charge in [-0.2, -0.15) is 0 Å². The van der Waals surface area contributed by atoms with Crippen LogP contribution in [0.15, 0.2) is 54.6 Å². The Labute approximate surface area is 180 Å². The predicted octanol–water partition coefficient (Wildman–Crippen LogP) is 3.93. The van der Waals surface area contributed by atoms with Gasteiger partial charge >= 0.3 is 6.03 Å². The smallest absolute Gasteiger partial charge is 0.322 e. The lowest BCUT2D eigenvalue weighted by molar-refractivity contribution is 0.116. The lowest BCUT2D eigenvalue weighted by Crippen LogP contribution is -2.50. The number of anilines is 1. The van der Waals surface area contributed by atoms with Crippen molar-refractivity contribution in [1.29, 1.82) is 0 Å². The van der Waals surface area contributed by atoms with Crippen LogP contribution in [0.4, 0.5) is 10.5 Å². The number of likely N-dealkylation sites (N-methyl/N-ethyl adjacent to an activating group) is 2. The van der Waals surface area contributed by atoms with Crippen molar-refractivity contribution >= 4 is 11.7 Å². The molecule has 2 aromatic carbocycles. The van der Waals surface area contributed by atoms with E-state index in [2.05, 4.69) is 48.1 Å². The van der Waals surface area contributed by atoms with E-state index in [1.807, 2.05) is 47.4 Å². The summed E-state index contributed by atoms with van der Waals surface area (Å²) < 4.78 is 6.00. The van der Waals surface area contributed by atoms with Crippen LogP contribution in [0.2, 0.25) is 0 Å². The standard InChI is InChI=1S/C24H34N4O2/c1-4-27(5-2)17-18-30-23-14-10-9-13-21(23)25-24(29)28-16-15-26(3)19-22(28)20-11-7-6-8-12-20/h6-14,22H,4-5,15-19H2,1-3H3,(H,25,29). The molecule has 1 unspecified atom stereocenters. The molecule has 162 valence electrons. The Kier molecular flexibility index (Phi) is 8.11. The van der Waals surface area contributed by atoms with E-state index in [-0.39, 0.29) is 12.1 Å². The first kappa shape index (κ1) is 22.1. The molecule has 0 spiro atoms. The number of hydrogen-bond acceptors (Lipinski definition) is 4. The van der Waals surface area contributed by atoms with E-state index >= 15 is 0 Å². The second kappa shape index (κ2) is 11.0. The van der Waals surface area contributed by atoms with Crippen LogP contribution in [0.5, 0.6) is 5.75 Å². The van der Waals surface area contributed by atoms with E-state index in [1.54, 1.807) is 0 Å². The number of nitrogens with one attached hydrogen (secondary N) is 1. The molecular weight excluding hydrogens is 376 g/mol. The van der Waals surface area contributed by atoms with Crippen LogP contribution in [0.3, 0.4) is 0 Å². The van der Waals surface area contributed by atoms with E-state index in [0.29, 0.717) is 24.6 Å². The second-order valence-electron chi connectivity index (χ2n) is 7.68. The highest BCUT2D eigenvalue weighted by molar-refractivity contribution is 5.91. The van der Waals surface area contributed by atoms with Gasteiger partial charge in [-0.15, -0.1) is 0 Å². The molecule has 1 heterocycles. The molecule has 0 radical (unpaired) electrons. The molecule has 2 aromatic rings. The highest BCUT2D eigenvalue weighted by Gasteiger charge is 2.30. The summed E-state index contributed by atoms with van der Waals surface area (Å²) in [7, 11) is 2.10. The molecule has 6 nitrogen and oxygen atoms in total. The van der Waals surface area contributed by atoms with Gasteiger partial charge in [-0.25, -0.2) is 4.79 Å². The topological polar surface area (TPSA) is 48.1 Å². The summed E-state index contributed by atoms with van der Waals surface area (Å²) >= 11 is 0. The van der Waals surface area contributed by atoms with Gasteiger partial charge in [0.05, 0.1) is 11.7 Å². The van der Waals surface area contributed by atoms with Gasteiger partial charge in [-0.1, -0.05) is 56.3 Å². The van der Waals surface area contributed by atoms with Crippen molar-refractivity contribution in [3.63, 3.8) is 0 Å². The Morgan fingerprint density at radius 2 is 1.77 bits per heavy atom. The Morgan fingerprint density at radius 1 is 1.07 bits per heavy atom. The van der Waals surface area contributed by atoms with E-state index in [4.69, 9.17) is 4.74 Å². The average Bonchev–Trinajstić information content (AvgIpc) is 2.78. The zero-order valence-electron chi connectivity index (χ0n) is 18.4. The number of urea groups is 1. The zero-order valence-corrected chi connectivity index (χ0v) is 18.4. The van der Waals surface area contributed by atoms with Gasteiger partial charge in [0.2, 0.25) is 0 Å². The average molecular weight is 411 g/mol. The summed E-state index contributed by atoms with van der Waals surface area (Å²) in [6, 6.07) is 17.9. The number of amides is 2. The van der Waals surface area contributed by atoms with Crippen molar-refractivity contribution in [3.05, 3.63) is 60.2 Å². The number of piperazine rings is 1. The summed E-state index contributed by atoms with van der Waals surface area (Å²) in [5.41, 5.74) is 1.87. The van der Waals surface area contributed by atoms with E-state index < -0.39 is 0 Å². The number of para-hydroxylation sites is 2. The minimum absolute atomic E-state index is 0.0284. The van der Waals surface area contributed by atoms with Gasteiger partial charge in [0.25, 0.3) is 0 Å². The maximum Gasteiger partial charge on any atom is 0.322 e. The molecule has 0 aliphatic carbocycles. The molecule has 1 atom stereocenters. The fourth-order valence-corrected chi connectivity index (χ4v) is 3.83. The fraction of sp³-hybridized carbons (Fsp3) is 0.458. The molecular formula is C24H34N4O2. The molecule has 1 aliphatic rings. The van der Waals surface area contributed by atoms with E-state index in [0.717, 1.165) is 38.3 Å². The number of benzene rings is 2. The summed E-state index contributed by atoms with van der Waals surface area (Å²) in [4.78, 5) is 19.7. The second-order valence-corrected chi connectivity index (χ2v) is 7.68. The molecule has 2 amide bonds. The highest BCUT2D eigenvalue weighted by atomic mass is 16.5. The van der Waals surface area contributed by atoms with Crippen LogP contribution < -0.4 is 10.1 Å². The number of hydrogen-bond donors (Lipinski definition) is 1. The number of carbonyl (C=O) groups is 1. The largest absolute Gasteiger partial charge is 0.490 e. The summed E-state index contributed by atoms with van der Waals surface area (Å²) in [5, 5.41) is 3.09. The third-order valence-electron chi connectivity index (χ3n) is 5.72. The maximum atomic E-state index is 13.2. The van der Waals surface area contributed by atoms with Crippen LogP contribution in [-0.2, 0) is 0 Å². The van der Waals surface area contributed by atoms with Gasteiger partial charge in [0, 0.05) is 26.2 Å². The van der Waals surface area contributed by atoms with Crippen LogP contribution in [0.1, 0.15) is 25.5 Å². The monoisotopic (exact) mass is 410 g/mol. The minimum Gasteiger partial charge on any atom is -0.490 e. The first-order valence-corrected chi connectivity index (χ1v) is 10.9. The van der Waals surface area contributed by atoms with Crippen molar-refractivity contribution in [2.24, 2.45) is 0 Å². The Morgan fingerprint density at radius 3 is 2.50 bits per heavy atom. The molecule has 30 heavy (non-hydrogen) atoms. The van der Waals surface area contributed by atoms with Crippen LogP contribution in [-0.4, -0.2) is 73.7 Å². The van der Waals surface area contributed by atoms with Gasteiger partial charge in [0.15, 0.2) is 0 Å². The minimum atomic E-state index is -0.0863. The fourth-order valence-electron chi connectivity index (χ4n) is 3.83. The van der Waals surface area contributed by atoms with E-state index in [1.165, 1.54) is 0 Å². The number of carbonyl (C=O) groups excluding carboxylic acids is 1. The summed E-state index contributed by atoms with van der Waals surface area (Å²) in [5.74, 6) is 0.711. The normalized spacial score (nSPS) is 17.2. The number of rotatable bonds is 8. The first-order chi connectivity index (χ1) is 14.6. The Hall–Kier alpha value is -2.57. The third kappa shape index (κ3) is 5.74. The molecule has 0 saturated carbocycles. The highest BCUT2D eigenvalue weighted by Crippen LogP contribution is 2.28. The summed E-state index contributed by atoms with van der Waals surface area (Å²) in [6.45, 7) is 10.1. The lowest BCUT2D eigenvalue weighted by atomic mass is 10.0. The summed E-state index contributed by atoms with van der Waals surface area (Å²) in [6.07, 6.45) is 0. The maximum absolute atomic E-state index is 13.2. The number of ether oxygens (including phenoxy) is 1. The Bertz CT molecular complexity index is 795. The van der Waals surface area contributed by atoms with Crippen molar-refractivity contribution in [2.45, 2.75) is 19.9 Å². The molecule has 3 rings (SSSR count). The lowest BCUT2D eigenvalue weighted by Gasteiger charge is -2.40. The van der Waals surface area contributed by atoms with Gasteiger partial charge in [-0.05, 0) is 37.8 Å². The van der Waals surface area contributed by atoms with Gasteiger partial charge in [-0.3, -0.25) is 0 Å². The van der Waals surface area contributed by atoms with Crippen molar-refractivity contribution in [2.75, 3.05) is 58.2 Å². The molecule has 1 aliphatic heterocycles. The number of nitrogens with zero attached hydrogens (tertiary/aromatic N) is 3. The van der Waals surface area contributed by atoms with Gasteiger partial charge in [0.1, 0.15) is 12.4 Å². The van der Waals surface area contributed by atoms with Crippen molar-refractivity contribution in [1.82, 2.24) is 14.7 Å². The van der Waals surface area contributed by atoms with Crippen LogP contribution in [0, 0.1) is 0 Å². The van der Waals surface area contributed by atoms with Crippen LogP contribution in [0.25, 0.3) is 0 Å². The molecule has 1 fully saturated rings. The van der Waals surface area contributed by atoms with Crippen LogP contribution >= 0.6 is 0 Å². The first-order valence-electron chi connectivity index (χ1n) is 10.9. The molecule has 1 saturated heterocycles. The van der Waals surface area contributed by atoms with Gasteiger partial charge < -0.3 is 24.8 Å². The third-order valence-corrected chi connectivity index (χ3v) is 5.72. The molecule has 6 heteroatoms. The molecule has 0 bridgehead atoms. The Balaban J connectivity index is 1.69. The molecule has 1 N–H and O–H groups in total. The SMILES string of the molecule is CCN(CC)CCOc1ccccc1NC(=O)N1CCN(C)CC1c1ccccc1. The quantitative estimate of drug-likeness (QED) is 0.716. The van der Waals surface area contributed by atoms with Crippen molar-refractivity contribution < 1.29 is 9.53 Å². The van der Waals surface area contributed by atoms with Crippen molar-refractivity contribution in [3.8, 4) is 5.75 Å².